The summed E-state index contributed by atoms with van der Waals surface area (Å²) in [7, 11) is -9.15. The van der Waals surface area contributed by atoms with E-state index < -0.39 is 53.2 Å². The highest BCUT2D eigenvalue weighted by atomic mass is 35.5. The molecule has 5 atom stereocenters. The molecule has 1 aliphatic rings. The quantitative estimate of drug-likeness (QED) is 0.200. The number of ether oxygens (including phenoxy) is 1. The zero-order valence-electron chi connectivity index (χ0n) is 19.3. The average molecular weight is 561 g/mol. The third kappa shape index (κ3) is 5.90. The molecule has 0 amide bonds. The van der Waals surface area contributed by atoms with Crippen molar-refractivity contribution in [3.8, 4) is 0 Å². The van der Waals surface area contributed by atoms with Gasteiger partial charge in [-0.1, -0.05) is 29.8 Å². The van der Waals surface area contributed by atoms with Crippen LogP contribution in [0.2, 0.25) is 5.28 Å². The van der Waals surface area contributed by atoms with Gasteiger partial charge in [0.15, 0.2) is 21.6 Å². The molecule has 4 rings (SSSR count). The molecular formula is C21H26ClN4O8PS. The van der Waals surface area contributed by atoms with E-state index in [4.69, 9.17) is 26.1 Å². The lowest BCUT2D eigenvalue weighted by molar-refractivity contribution is -0.0288. The molecule has 3 aromatic rings. The predicted octanol–water partition coefficient (Wildman–Crippen LogP) is 1.74. The van der Waals surface area contributed by atoms with E-state index in [1.54, 1.807) is 6.07 Å². The largest absolute Gasteiger partial charge is 0.387 e. The van der Waals surface area contributed by atoms with Crippen LogP contribution in [0.3, 0.4) is 0 Å². The highest BCUT2D eigenvalue weighted by molar-refractivity contribution is 7.97. The molecule has 0 unspecified atom stereocenters. The number of halogens is 1. The van der Waals surface area contributed by atoms with Crippen LogP contribution >= 0.6 is 19.2 Å². The lowest BCUT2D eigenvalue weighted by Gasteiger charge is -2.19. The first-order valence-corrected chi connectivity index (χ1v) is 14.9. The van der Waals surface area contributed by atoms with Crippen molar-refractivity contribution in [2.45, 2.75) is 44.4 Å². The molecule has 5 N–H and O–H groups in total. The van der Waals surface area contributed by atoms with Crippen molar-refractivity contribution in [2.75, 3.05) is 16.6 Å². The van der Waals surface area contributed by atoms with Gasteiger partial charge in [0, 0.05) is 12.2 Å². The fourth-order valence-electron chi connectivity index (χ4n) is 4.12. The minimum absolute atomic E-state index is 0.0881. The number of aromatic nitrogens is 3. The lowest BCUT2D eigenvalue weighted by atomic mass is 10.1. The van der Waals surface area contributed by atoms with Crippen LogP contribution in [0.4, 0.5) is 5.82 Å². The first-order valence-electron chi connectivity index (χ1n) is 10.9. The van der Waals surface area contributed by atoms with Gasteiger partial charge in [-0.2, -0.15) is 4.98 Å². The fraction of sp³-hybridized carbons (Fsp3) is 0.429. The van der Waals surface area contributed by atoms with Crippen LogP contribution in [0.1, 0.15) is 30.3 Å². The first kappa shape index (κ1) is 27.0. The Labute approximate surface area is 212 Å². The van der Waals surface area contributed by atoms with Crippen LogP contribution < -0.4 is 5.32 Å². The second kappa shape index (κ2) is 9.99. The van der Waals surface area contributed by atoms with Gasteiger partial charge < -0.3 is 34.6 Å². The number of sulfone groups is 1. The van der Waals surface area contributed by atoms with Crippen molar-refractivity contribution in [2.24, 2.45) is 0 Å². The average Bonchev–Trinajstić information content (AvgIpc) is 3.28. The molecule has 1 aliphatic heterocycles. The zero-order valence-corrected chi connectivity index (χ0v) is 21.7. The van der Waals surface area contributed by atoms with Gasteiger partial charge >= 0.3 is 7.60 Å². The third-order valence-electron chi connectivity index (χ3n) is 5.87. The molecule has 12 nitrogen and oxygen atoms in total. The van der Waals surface area contributed by atoms with Gasteiger partial charge in [0.05, 0.1) is 11.1 Å². The number of nitrogens with zero attached hydrogens (tertiary/aromatic N) is 3. The van der Waals surface area contributed by atoms with Gasteiger partial charge in [-0.05, 0) is 37.1 Å². The molecule has 1 fully saturated rings. The number of aliphatic hydroxyl groups excluding tert-OH is 2. The van der Waals surface area contributed by atoms with Crippen molar-refractivity contribution in [1.82, 2.24) is 14.5 Å². The van der Waals surface area contributed by atoms with Crippen molar-refractivity contribution in [3.05, 3.63) is 52.9 Å². The van der Waals surface area contributed by atoms with E-state index in [1.807, 2.05) is 38.1 Å². The predicted molar refractivity (Wildman–Crippen MR) is 132 cm³/mol. The van der Waals surface area contributed by atoms with Crippen molar-refractivity contribution in [3.63, 3.8) is 0 Å². The minimum Gasteiger partial charge on any atom is -0.387 e. The molecule has 0 aliphatic carbocycles. The Morgan fingerprint density at radius 3 is 2.47 bits per heavy atom. The number of hydrogen-bond acceptors (Lipinski definition) is 9. The Morgan fingerprint density at radius 1 is 1.17 bits per heavy atom. The molecule has 0 spiro atoms. The van der Waals surface area contributed by atoms with E-state index in [-0.39, 0.29) is 17.0 Å². The molecule has 3 heterocycles. The molecule has 0 saturated carbocycles. The Balaban J connectivity index is 1.61. The third-order valence-corrected chi connectivity index (χ3v) is 9.79. The monoisotopic (exact) mass is 560 g/mol. The number of anilines is 1. The topological polar surface area (TPSA) is 184 Å². The highest BCUT2D eigenvalue weighted by Crippen LogP contribution is 2.39. The summed E-state index contributed by atoms with van der Waals surface area (Å²) in [5.41, 5.74) is 1.01. The number of hydrogen-bond donors (Lipinski definition) is 5. The number of aliphatic hydroxyl groups is 2. The van der Waals surface area contributed by atoms with Gasteiger partial charge in [0.2, 0.25) is 5.28 Å². The normalized spacial score (nSPS) is 23.8. The maximum absolute atomic E-state index is 12.2. The summed E-state index contributed by atoms with van der Waals surface area (Å²) in [6.45, 7) is 3.94. The minimum atomic E-state index is -4.85. The summed E-state index contributed by atoms with van der Waals surface area (Å²) >= 11 is 6.17. The molecule has 0 bridgehead atoms. The number of benzene rings is 1. The zero-order chi connectivity index (χ0) is 26.4. The Morgan fingerprint density at radius 2 is 1.83 bits per heavy atom. The van der Waals surface area contributed by atoms with Crippen LogP contribution in [0.5, 0.6) is 0 Å². The van der Waals surface area contributed by atoms with Crippen LogP contribution in [0, 0.1) is 6.92 Å². The summed E-state index contributed by atoms with van der Waals surface area (Å²) in [6.07, 6.45) is -4.30. The van der Waals surface area contributed by atoms with E-state index in [0.29, 0.717) is 11.2 Å². The van der Waals surface area contributed by atoms with Crippen molar-refractivity contribution < 1.29 is 37.7 Å². The first-order chi connectivity index (χ1) is 16.7. The van der Waals surface area contributed by atoms with Crippen LogP contribution in [-0.2, 0) is 19.1 Å². The molecule has 36 heavy (non-hydrogen) atoms. The smallest absolute Gasteiger partial charge is 0.340 e. The van der Waals surface area contributed by atoms with Crippen molar-refractivity contribution in [1.29, 1.82) is 0 Å². The van der Waals surface area contributed by atoms with Gasteiger partial charge in [-0.3, -0.25) is 4.57 Å². The summed E-state index contributed by atoms with van der Waals surface area (Å²) in [5.74, 6) is -0.464. The van der Waals surface area contributed by atoms with Gasteiger partial charge in [0.1, 0.15) is 29.8 Å². The summed E-state index contributed by atoms with van der Waals surface area (Å²) in [4.78, 5) is 26.5. The number of fused-ring (bicyclic) bond motifs is 1. The fourth-order valence-corrected chi connectivity index (χ4v) is 7.53. The van der Waals surface area contributed by atoms with Crippen LogP contribution in [0.15, 0.2) is 36.5 Å². The lowest BCUT2D eigenvalue weighted by Crippen LogP contribution is -2.35. The molecule has 0 radical (unpaired) electrons. The van der Waals surface area contributed by atoms with Crippen LogP contribution in [-0.4, -0.2) is 72.5 Å². The van der Waals surface area contributed by atoms with E-state index in [2.05, 4.69) is 15.3 Å². The number of aryl methyl sites for hydroxylation is 1. The van der Waals surface area contributed by atoms with E-state index in [0.717, 1.165) is 11.1 Å². The molecule has 1 aromatic carbocycles. The van der Waals surface area contributed by atoms with E-state index in [9.17, 15) is 23.2 Å². The summed E-state index contributed by atoms with van der Waals surface area (Å²) < 4.78 is 42.5. The second-order valence-corrected chi connectivity index (χ2v) is 13.3. The highest BCUT2D eigenvalue weighted by Gasteiger charge is 2.46. The Kier molecular flexibility index (Phi) is 7.48. The number of nitrogens with one attached hydrogen (secondary N) is 1. The summed E-state index contributed by atoms with van der Waals surface area (Å²) in [5, 5.41) is 24.8. The van der Waals surface area contributed by atoms with Crippen LogP contribution in [0.25, 0.3) is 11.0 Å². The SMILES string of the molecule is Cc1ccc([C@H](C)Nc2nc(Cl)nc3c2ccn3[C@@H]2O[C@H](CS(=O)(=O)CP(=O)(O)O)[C@@H](O)[C@H]2O)cc1. The maximum Gasteiger partial charge on any atom is 0.340 e. The molecular weight excluding hydrogens is 535 g/mol. The molecule has 196 valence electrons. The summed E-state index contributed by atoms with van der Waals surface area (Å²) in [6, 6.07) is 9.49. The standard InChI is InChI=1S/C21H26ClN4O8PS/c1-11-3-5-13(6-4-11)12(2)23-18-14-7-8-26(19(14)25-21(22)24-18)20-17(28)16(27)15(34-20)9-36(32,33)10-35(29,30)31/h3-8,12,15-17,20,27-28H,9-10H2,1-2H3,(H,23,24,25)(H2,29,30,31)/t12-,15+,16+,17+,20+/m0/s1. The van der Waals surface area contributed by atoms with Gasteiger partial charge in [0.25, 0.3) is 0 Å². The molecule has 2 aromatic heterocycles. The maximum atomic E-state index is 12.2. The molecule has 15 heteroatoms. The van der Waals surface area contributed by atoms with E-state index in [1.165, 1.54) is 10.8 Å². The number of rotatable bonds is 8. The van der Waals surface area contributed by atoms with Crippen molar-refractivity contribution >= 4 is 45.9 Å². The van der Waals surface area contributed by atoms with Gasteiger partial charge in [-0.15, -0.1) is 0 Å². The Hall–Kier alpha value is -2.09. The Bertz CT molecular complexity index is 1410. The van der Waals surface area contributed by atoms with E-state index >= 15 is 0 Å². The second-order valence-electron chi connectivity index (χ2n) is 8.83. The van der Waals surface area contributed by atoms with Gasteiger partial charge in [-0.25, -0.2) is 13.4 Å². The molecule has 1 saturated heterocycles.